The van der Waals surface area contributed by atoms with Gasteiger partial charge in [0.25, 0.3) is 0 Å². The second-order valence-electron chi connectivity index (χ2n) is 10.2. The van der Waals surface area contributed by atoms with E-state index in [1.165, 1.54) is 34.1 Å². The molecule has 6 heteroatoms. The molecular formula is C32H38N4O2. The lowest BCUT2D eigenvalue weighted by molar-refractivity contribution is 0.250. The Kier molecular flexibility index (Phi) is 8.41. The van der Waals surface area contributed by atoms with E-state index in [1.54, 1.807) is 0 Å². The predicted octanol–water partition coefficient (Wildman–Crippen LogP) is 4.83. The van der Waals surface area contributed by atoms with Gasteiger partial charge < -0.3 is 19.5 Å². The molecule has 0 radical (unpaired) electrons. The number of hydrogen-bond acceptors (Lipinski definition) is 6. The number of nitrogens with zero attached hydrogens (tertiary/aromatic N) is 3. The molecule has 0 aliphatic carbocycles. The minimum Gasteiger partial charge on any atom is -0.423 e. The zero-order valence-corrected chi connectivity index (χ0v) is 22.5. The normalized spacial score (nSPS) is 16.3. The Morgan fingerprint density at radius 2 is 1.29 bits per heavy atom. The molecule has 6 nitrogen and oxygen atoms in total. The summed E-state index contributed by atoms with van der Waals surface area (Å²) in [5, 5.41) is 4.33. The Morgan fingerprint density at radius 3 is 1.92 bits per heavy atom. The molecule has 2 aliphatic rings. The molecule has 0 spiro atoms. The van der Waals surface area contributed by atoms with Gasteiger partial charge in [-0.3, -0.25) is 4.90 Å². The zero-order valence-electron chi connectivity index (χ0n) is 22.5. The van der Waals surface area contributed by atoms with Crippen molar-refractivity contribution in [2.45, 2.75) is 20.4 Å². The van der Waals surface area contributed by atoms with Gasteiger partial charge in [-0.05, 0) is 54.8 Å². The Labute approximate surface area is 225 Å². The van der Waals surface area contributed by atoms with E-state index in [1.807, 2.05) is 18.2 Å². The molecule has 0 saturated carbocycles. The summed E-state index contributed by atoms with van der Waals surface area (Å²) in [5.41, 5.74) is 7.01. The molecule has 38 heavy (non-hydrogen) atoms. The monoisotopic (exact) mass is 510 g/mol. The van der Waals surface area contributed by atoms with Crippen molar-refractivity contribution in [2.24, 2.45) is 0 Å². The number of anilines is 2. The van der Waals surface area contributed by atoms with Crippen LogP contribution >= 0.6 is 0 Å². The highest BCUT2D eigenvalue weighted by atomic mass is 16.4. The number of rotatable bonds is 4. The molecule has 3 aromatic carbocycles. The second kappa shape index (κ2) is 12.3. The van der Waals surface area contributed by atoms with Gasteiger partial charge in [-0.15, -0.1) is 0 Å². The number of para-hydroxylation sites is 2. The molecule has 0 atom stereocenters. The van der Waals surface area contributed by atoms with E-state index in [9.17, 15) is 4.79 Å². The lowest BCUT2D eigenvalue weighted by Crippen LogP contribution is -2.46. The molecule has 1 aromatic heterocycles. The van der Waals surface area contributed by atoms with Crippen LogP contribution in [0.25, 0.3) is 11.0 Å². The van der Waals surface area contributed by atoms with E-state index in [2.05, 4.69) is 88.5 Å². The average molecular weight is 511 g/mol. The van der Waals surface area contributed by atoms with Gasteiger partial charge in [-0.25, -0.2) is 4.79 Å². The van der Waals surface area contributed by atoms with Crippen molar-refractivity contribution >= 4 is 22.3 Å². The molecule has 3 heterocycles. The van der Waals surface area contributed by atoms with E-state index in [0.29, 0.717) is 5.58 Å². The largest absolute Gasteiger partial charge is 0.423 e. The first-order valence-electron chi connectivity index (χ1n) is 13.6. The summed E-state index contributed by atoms with van der Waals surface area (Å²) < 4.78 is 5.30. The Bertz CT molecular complexity index is 1400. The highest BCUT2D eigenvalue weighted by Crippen LogP contribution is 2.22. The smallest absolute Gasteiger partial charge is 0.336 e. The van der Waals surface area contributed by atoms with Crippen LogP contribution in [-0.2, 0) is 6.54 Å². The number of piperazine rings is 2. The molecule has 6 rings (SSSR count). The van der Waals surface area contributed by atoms with E-state index in [-0.39, 0.29) is 5.63 Å². The SMILES string of the molecule is Cc1ccccc1N1CCN(Cc2ccc3ccc(=O)oc3c2)CC1.Cc1ccccc1N1CCNCC1. The summed E-state index contributed by atoms with van der Waals surface area (Å²) in [6.07, 6.45) is 0. The van der Waals surface area contributed by atoms with Crippen molar-refractivity contribution < 1.29 is 4.42 Å². The summed E-state index contributed by atoms with van der Waals surface area (Å²) in [4.78, 5) is 18.8. The Hall–Kier alpha value is -3.61. The Morgan fingerprint density at radius 1 is 0.711 bits per heavy atom. The van der Waals surface area contributed by atoms with Gasteiger partial charge in [0.15, 0.2) is 0 Å². The van der Waals surface area contributed by atoms with Crippen molar-refractivity contribution in [1.29, 1.82) is 0 Å². The van der Waals surface area contributed by atoms with Gasteiger partial charge in [0.1, 0.15) is 5.58 Å². The van der Waals surface area contributed by atoms with Crippen molar-refractivity contribution in [3.8, 4) is 0 Å². The van der Waals surface area contributed by atoms with Crippen molar-refractivity contribution in [1.82, 2.24) is 10.2 Å². The highest BCUT2D eigenvalue weighted by molar-refractivity contribution is 5.76. The maximum absolute atomic E-state index is 11.4. The van der Waals surface area contributed by atoms with E-state index in [0.717, 1.165) is 64.3 Å². The van der Waals surface area contributed by atoms with Crippen LogP contribution in [0.15, 0.2) is 88.1 Å². The first-order chi connectivity index (χ1) is 18.6. The van der Waals surface area contributed by atoms with Gasteiger partial charge in [0.2, 0.25) is 0 Å². The summed E-state index contributed by atoms with van der Waals surface area (Å²) >= 11 is 0. The molecule has 0 amide bonds. The zero-order chi connectivity index (χ0) is 26.3. The number of nitrogens with one attached hydrogen (secondary N) is 1. The summed E-state index contributed by atoms with van der Waals surface area (Å²) in [6.45, 7) is 13.8. The molecule has 0 unspecified atom stereocenters. The van der Waals surface area contributed by atoms with Crippen LogP contribution in [0, 0.1) is 13.8 Å². The van der Waals surface area contributed by atoms with Gasteiger partial charge in [0.05, 0.1) is 0 Å². The summed E-state index contributed by atoms with van der Waals surface area (Å²) in [7, 11) is 0. The first kappa shape index (κ1) is 26.0. The molecule has 2 fully saturated rings. The molecule has 2 saturated heterocycles. The van der Waals surface area contributed by atoms with Crippen molar-refractivity contribution in [3.05, 3.63) is 106 Å². The van der Waals surface area contributed by atoms with Crippen LogP contribution in [0.3, 0.4) is 0 Å². The first-order valence-corrected chi connectivity index (χ1v) is 13.6. The molecular weight excluding hydrogens is 472 g/mol. The molecule has 198 valence electrons. The fourth-order valence-electron chi connectivity index (χ4n) is 5.35. The van der Waals surface area contributed by atoms with Crippen LogP contribution in [0.1, 0.15) is 16.7 Å². The Balaban J connectivity index is 0.000000190. The van der Waals surface area contributed by atoms with Crippen molar-refractivity contribution in [3.63, 3.8) is 0 Å². The number of hydrogen-bond donors (Lipinski definition) is 1. The number of benzene rings is 3. The lowest BCUT2D eigenvalue weighted by Gasteiger charge is -2.36. The maximum atomic E-state index is 11.4. The third-order valence-electron chi connectivity index (χ3n) is 7.50. The standard InChI is InChI=1S/C21H22N2O2.C11H16N2/c1-16-4-2-3-5-19(16)23-12-10-22(11-13-23)15-17-6-7-18-8-9-21(24)25-20(18)14-17;1-10-4-2-3-5-11(10)13-8-6-12-7-9-13/h2-9,14H,10-13,15H2,1H3;2-5,12H,6-9H2,1H3. The van der Waals surface area contributed by atoms with Gasteiger partial charge in [-0.1, -0.05) is 48.5 Å². The topological polar surface area (TPSA) is 52.0 Å². The fraction of sp³-hybridized carbons (Fsp3) is 0.344. The number of fused-ring (bicyclic) bond motifs is 1. The van der Waals surface area contributed by atoms with Gasteiger partial charge in [-0.2, -0.15) is 0 Å². The molecule has 1 N–H and O–H groups in total. The average Bonchev–Trinajstić information content (AvgIpc) is 2.95. The quantitative estimate of drug-likeness (QED) is 0.397. The van der Waals surface area contributed by atoms with Crippen LogP contribution in [0.5, 0.6) is 0 Å². The van der Waals surface area contributed by atoms with Gasteiger partial charge >= 0.3 is 5.63 Å². The summed E-state index contributed by atoms with van der Waals surface area (Å²) in [6, 6.07) is 26.6. The summed E-state index contributed by atoms with van der Waals surface area (Å²) in [5.74, 6) is 0. The minimum atomic E-state index is -0.295. The number of aryl methyl sites for hydroxylation is 2. The van der Waals surface area contributed by atoms with Crippen LogP contribution in [0.2, 0.25) is 0 Å². The van der Waals surface area contributed by atoms with Crippen LogP contribution < -0.4 is 20.7 Å². The molecule has 4 aromatic rings. The van der Waals surface area contributed by atoms with Gasteiger partial charge in [0, 0.05) is 81.7 Å². The third kappa shape index (κ3) is 6.44. The van der Waals surface area contributed by atoms with E-state index < -0.39 is 0 Å². The third-order valence-corrected chi connectivity index (χ3v) is 7.50. The minimum absolute atomic E-state index is 0.295. The molecule has 0 bridgehead atoms. The van der Waals surface area contributed by atoms with Crippen LogP contribution in [-0.4, -0.2) is 57.3 Å². The maximum Gasteiger partial charge on any atom is 0.336 e. The second-order valence-corrected chi connectivity index (χ2v) is 10.2. The van der Waals surface area contributed by atoms with E-state index >= 15 is 0 Å². The van der Waals surface area contributed by atoms with Crippen LogP contribution in [0.4, 0.5) is 11.4 Å². The predicted molar refractivity (Wildman–Crippen MR) is 157 cm³/mol. The lowest BCUT2D eigenvalue weighted by atomic mass is 10.1. The highest BCUT2D eigenvalue weighted by Gasteiger charge is 2.18. The van der Waals surface area contributed by atoms with Crippen molar-refractivity contribution in [2.75, 3.05) is 62.2 Å². The molecule has 2 aliphatic heterocycles. The van der Waals surface area contributed by atoms with E-state index in [4.69, 9.17) is 4.42 Å². The fourth-order valence-corrected chi connectivity index (χ4v) is 5.35.